The van der Waals surface area contributed by atoms with Gasteiger partial charge in [0.2, 0.25) is 0 Å². The Hall–Kier alpha value is -1.80. The van der Waals surface area contributed by atoms with Gasteiger partial charge >= 0.3 is 0 Å². The molecule has 2 unspecified atom stereocenters. The first-order valence-corrected chi connectivity index (χ1v) is 9.86. The van der Waals surface area contributed by atoms with E-state index in [1.807, 2.05) is 6.07 Å². The Morgan fingerprint density at radius 2 is 1.48 bits per heavy atom. The van der Waals surface area contributed by atoms with Crippen LogP contribution in [0.1, 0.15) is 37.7 Å². The Balaban J connectivity index is 1.23. The lowest BCUT2D eigenvalue weighted by atomic mass is 9.89. The molecule has 1 saturated carbocycles. The molecule has 25 heavy (non-hydrogen) atoms. The summed E-state index contributed by atoms with van der Waals surface area (Å²) in [5, 5.41) is 0. The van der Waals surface area contributed by atoms with Crippen molar-refractivity contribution in [1.82, 2.24) is 4.90 Å². The quantitative estimate of drug-likeness (QED) is 0.767. The molecule has 1 aliphatic heterocycles. The minimum atomic E-state index is 0.398. The summed E-state index contributed by atoms with van der Waals surface area (Å²) in [4.78, 5) is 2.73. The molecule has 4 rings (SSSR count). The van der Waals surface area contributed by atoms with Gasteiger partial charge in [0.05, 0.1) is 0 Å². The monoisotopic (exact) mass is 335 g/mol. The van der Waals surface area contributed by atoms with E-state index in [4.69, 9.17) is 4.74 Å². The Bertz CT molecular complexity index is 634. The summed E-state index contributed by atoms with van der Waals surface area (Å²) in [5.74, 6) is 1.88. The van der Waals surface area contributed by atoms with Crippen LogP contribution in [0.2, 0.25) is 0 Å². The zero-order valence-corrected chi connectivity index (χ0v) is 15.0. The second kappa shape index (κ2) is 8.05. The van der Waals surface area contributed by atoms with Crippen molar-refractivity contribution in [3.8, 4) is 5.75 Å². The normalized spacial score (nSPS) is 25.1. The van der Waals surface area contributed by atoms with E-state index in [0.717, 1.165) is 17.7 Å². The third kappa shape index (κ3) is 4.43. The molecule has 2 aromatic rings. The van der Waals surface area contributed by atoms with Gasteiger partial charge in [0.25, 0.3) is 0 Å². The Morgan fingerprint density at radius 3 is 2.20 bits per heavy atom. The molecule has 2 heteroatoms. The molecule has 2 atom stereocenters. The van der Waals surface area contributed by atoms with Crippen LogP contribution < -0.4 is 4.74 Å². The first-order chi connectivity index (χ1) is 12.4. The van der Waals surface area contributed by atoms with Crippen LogP contribution >= 0.6 is 0 Å². The molecular weight excluding hydrogens is 306 g/mol. The fourth-order valence-corrected chi connectivity index (χ4v) is 4.52. The predicted molar refractivity (Wildman–Crippen MR) is 103 cm³/mol. The van der Waals surface area contributed by atoms with Gasteiger partial charge in [-0.3, -0.25) is 0 Å². The fraction of sp³-hybridized carbons (Fsp3) is 0.478. The standard InChI is InChI=1S/C23H29NO/c1-3-7-19(8-4-1)17-20-13-15-24(16-14-20)21-11-12-23(18-21)25-22-9-5-2-6-10-22/h1-10,20-21,23H,11-18H2. The van der Waals surface area contributed by atoms with Crippen LogP contribution in [-0.4, -0.2) is 30.1 Å². The van der Waals surface area contributed by atoms with Crippen LogP contribution in [0.25, 0.3) is 0 Å². The third-order valence-corrected chi connectivity index (χ3v) is 5.94. The van der Waals surface area contributed by atoms with Gasteiger partial charge in [0, 0.05) is 6.04 Å². The minimum absolute atomic E-state index is 0.398. The second-order valence-corrected chi connectivity index (χ2v) is 7.69. The third-order valence-electron chi connectivity index (χ3n) is 5.94. The van der Waals surface area contributed by atoms with Crippen LogP contribution in [-0.2, 0) is 6.42 Å². The number of likely N-dealkylation sites (tertiary alicyclic amines) is 1. The summed E-state index contributed by atoms with van der Waals surface area (Å²) in [6.45, 7) is 2.53. The number of ether oxygens (including phenoxy) is 1. The number of piperidine rings is 1. The average Bonchev–Trinajstić information content (AvgIpc) is 3.12. The van der Waals surface area contributed by atoms with Crippen molar-refractivity contribution in [1.29, 1.82) is 0 Å². The number of para-hydroxylation sites is 1. The summed E-state index contributed by atoms with van der Waals surface area (Å²) in [7, 11) is 0. The Morgan fingerprint density at radius 1 is 0.800 bits per heavy atom. The smallest absolute Gasteiger partial charge is 0.119 e. The molecule has 1 heterocycles. The van der Waals surface area contributed by atoms with E-state index in [1.165, 1.54) is 57.2 Å². The molecule has 0 N–H and O–H groups in total. The lowest BCUT2D eigenvalue weighted by molar-refractivity contribution is 0.122. The highest BCUT2D eigenvalue weighted by Crippen LogP contribution is 2.31. The van der Waals surface area contributed by atoms with E-state index in [9.17, 15) is 0 Å². The van der Waals surface area contributed by atoms with Crippen LogP contribution in [0, 0.1) is 5.92 Å². The highest BCUT2D eigenvalue weighted by atomic mass is 16.5. The SMILES string of the molecule is c1ccc(CC2CCN(C3CCC(Oc4ccccc4)C3)CC2)cc1. The van der Waals surface area contributed by atoms with Crippen molar-refractivity contribution in [3.63, 3.8) is 0 Å². The summed E-state index contributed by atoms with van der Waals surface area (Å²) in [5.41, 5.74) is 1.50. The maximum absolute atomic E-state index is 6.17. The van der Waals surface area contributed by atoms with E-state index in [-0.39, 0.29) is 0 Å². The molecule has 2 fully saturated rings. The van der Waals surface area contributed by atoms with Gasteiger partial charge in [-0.2, -0.15) is 0 Å². The van der Waals surface area contributed by atoms with Gasteiger partial charge in [-0.05, 0) is 75.2 Å². The van der Waals surface area contributed by atoms with Gasteiger partial charge in [0.1, 0.15) is 11.9 Å². The fourth-order valence-electron chi connectivity index (χ4n) is 4.52. The molecular formula is C23H29NO. The molecule has 0 spiro atoms. The number of nitrogens with zero attached hydrogens (tertiary/aromatic N) is 1. The molecule has 0 radical (unpaired) electrons. The largest absolute Gasteiger partial charge is 0.490 e. The summed E-state index contributed by atoms with van der Waals surface area (Å²) >= 11 is 0. The molecule has 2 aliphatic rings. The molecule has 0 bridgehead atoms. The lowest BCUT2D eigenvalue weighted by Gasteiger charge is -2.36. The van der Waals surface area contributed by atoms with Gasteiger partial charge in [0.15, 0.2) is 0 Å². The van der Waals surface area contributed by atoms with E-state index < -0.39 is 0 Å². The van der Waals surface area contributed by atoms with Crippen LogP contribution in [0.4, 0.5) is 0 Å². The number of benzene rings is 2. The van der Waals surface area contributed by atoms with Gasteiger partial charge in [-0.15, -0.1) is 0 Å². The highest BCUT2D eigenvalue weighted by molar-refractivity contribution is 5.21. The summed E-state index contributed by atoms with van der Waals surface area (Å²) < 4.78 is 6.17. The molecule has 1 saturated heterocycles. The zero-order chi connectivity index (χ0) is 16.9. The number of hydrogen-bond donors (Lipinski definition) is 0. The van der Waals surface area contributed by atoms with Crippen LogP contribution in [0.15, 0.2) is 60.7 Å². The molecule has 1 aliphatic carbocycles. The van der Waals surface area contributed by atoms with Crippen molar-refractivity contribution < 1.29 is 4.74 Å². The zero-order valence-electron chi connectivity index (χ0n) is 15.0. The maximum Gasteiger partial charge on any atom is 0.119 e. The van der Waals surface area contributed by atoms with Crippen molar-refractivity contribution in [2.45, 2.75) is 50.7 Å². The average molecular weight is 335 g/mol. The van der Waals surface area contributed by atoms with Crippen LogP contribution in [0.5, 0.6) is 5.75 Å². The van der Waals surface area contributed by atoms with Gasteiger partial charge < -0.3 is 9.64 Å². The molecule has 132 valence electrons. The second-order valence-electron chi connectivity index (χ2n) is 7.69. The molecule has 2 nitrogen and oxygen atoms in total. The van der Waals surface area contributed by atoms with Crippen molar-refractivity contribution >= 4 is 0 Å². The van der Waals surface area contributed by atoms with Crippen molar-refractivity contribution in [3.05, 3.63) is 66.2 Å². The van der Waals surface area contributed by atoms with Crippen molar-refractivity contribution in [2.75, 3.05) is 13.1 Å². The van der Waals surface area contributed by atoms with E-state index in [0.29, 0.717) is 6.10 Å². The maximum atomic E-state index is 6.17. The topological polar surface area (TPSA) is 12.5 Å². The first kappa shape index (κ1) is 16.7. The van der Waals surface area contributed by atoms with E-state index in [1.54, 1.807) is 0 Å². The van der Waals surface area contributed by atoms with Gasteiger partial charge in [-0.1, -0.05) is 48.5 Å². The van der Waals surface area contributed by atoms with E-state index >= 15 is 0 Å². The predicted octanol–water partition coefficient (Wildman–Crippen LogP) is 4.94. The van der Waals surface area contributed by atoms with E-state index in [2.05, 4.69) is 59.5 Å². The van der Waals surface area contributed by atoms with Crippen LogP contribution in [0.3, 0.4) is 0 Å². The summed E-state index contributed by atoms with van der Waals surface area (Å²) in [6, 6.07) is 22.0. The molecule has 0 aromatic heterocycles. The molecule has 2 aromatic carbocycles. The Labute approximate surface area is 151 Å². The first-order valence-electron chi connectivity index (χ1n) is 9.86. The number of hydrogen-bond acceptors (Lipinski definition) is 2. The number of rotatable bonds is 5. The highest BCUT2D eigenvalue weighted by Gasteiger charge is 2.32. The van der Waals surface area contributed by atoms with Crippen molar-refractivity contribution in [2.24, 2.45) is 5.92 Å². The lowest BCUT2D eigenvalue weighted by Crippen LogP contribution is -2.41. The molecule has 0 amide bonds. The minimum Gasteiger partial charge on any atom is -0.490 e. The summed E-state index contributed by atoms with van der Waals surface area (Å²) in [6.07, 6.45) is 8.02. The van der Waals surface area contributed by atoms with Gasteiger partial charge in [-0.25, -0.2) is 0 Å². The Kier molecular flexibility index (Phi) is 5.37.